The Morgan fingerprint density at radius 3 is 0.964 bits per heavy atom. The molecule has 0 aromatic rings. The molecule has 0 spiro atoms. The highest BCUT2D eigenvalue weighted by Gasteiger charge is 2.22. The van der Waals surface area contributed by atoms with Crippen molar-refractivity contribution in [1.82, 2.24) is 0 Å². The van der Waals surface area contributed by atoms with Crippen LogP contribution in [0.4, 0.5) is 0 Å². The summed E-state index contributed by atoms with van der Waals surface area (Å²) in [5.41, 5.74) is 23.0. The maximum atomic E-state index is 10.6. The maximum absolute atomic E-state index is 10.6. The van der Waals surface area contributed by atoms with Gasteiger partial charge in [0.15, 0.2) is 0 Å². The summed E-state index contributed by atoms with van der Waals surface area (Å²) < 4.78 is 0. The van der Waals surface area contributed by atoms with Crippen LogP contribution in [0.3, 0.4) is 0 Å². The first kappa shape index (κ1) is 26.7. The van der Waals surface area contributed by atoms with Crippen molar-refractivity contribution in [2.24, 2.45) is 22.9 Å². The van der Waals surface area contributed by atoms with Crippen LogP contribution in [0.1, 0.15) is 51.4 Å². The average molecular weight is 408 g/mol. The Hall–Kier alpha value is -1.34. The molecule has 13 N–H and O–H groups in total. The zero-order valence-corrected chi connectivity index (χ0v) is 16.1. The highest BCUT2D eigenvalue weighted by atomic mass is 16.4. The predicted molar refractivity (Wildman–Crippen MR) is 102 cm³/mol. The quantitative estimate of drug-likeness (QED) is 0.131. The first-order chi connectivity index (χ1) is 12.9. The normalized spacial score (nSPS) is 19.2. The molecular formula is C17H36N4O7. The smallest absolute Gasteiger partial charge is 0.304 e. The van der Waals surface area contributed by atoms with Gasteiger partial charge in [0.2, 0.25) is 0 Å². The lowest BCUT2D eigenvalue weighted by Crippen LogP contribution is -2.37. The second-order valence-corrected chi connectivity index (χ2v) is 7.61. The molecule has 0 aliphatic heterocycles. The molecule has 0 saturated heterocycles. The number of aliphatic hydroxyl groups excluding tert-OH is 3. The Bertz CT molecular complexity index is 429. The number of hydrogen-bond acceptors (Lipinski definition) is 9. The van der Waals surface area contributed by atoms with Gasteiger partial charge >= 0.3 is 11.9 Å². The van der Waals surface area contributed by atoms with E-state index in [2.05, 4.69) is 0 Å². The van der Waals surface area contributed by atoms with E-state index in [0.29, 0.717) is 0 Å². The monoisotopic (exact) mass is 408 g/mol. The summed E-state index contributed by atoms with van der Waals surface area (Å²) in [6, 6.07) is -2.40. The van der Waals surface area contributed by atoms with Gasteiger partial charge in [0.05, 0.1) is 31.2 Å². The number of carbonyl (C=O) groups is 2. The average Bonchev–Trinajstić information content (AvgIpc) is 2.42. The van der Waals surface area contributed by atoms with E-state index in [1.807, 2.05) is 0 Å². The third-order valence-electron chi connectivity index (χ3n) is 4.32. The SMILES string of the molecule is NC(CC(=O)O)CC(O)CC(N)CC(O)CC(N)CC(O)CC(N)CC(=O)O. The summed E-state index contributed by atoms with van der Waals surface area (Å²) in [6.07, 6.45) is -2.23. The molecule has 11 heteroatoms. The predicted octanol–water partition coefficient (Wildman–Crippen LogP) is -2.33. The van der Waals surface area contributed by atoms with Crippen LogP contribution < -0.4 is 22.9 Å². The fraction of sp³-hybridized carbons (Fsp3) is 0.882. The topological polar surface area (TPSA) is 239 Å². The number of aliphatic carboxylic acids is 2. The van der Waals surface area contributed by atoms with E-state index in [1.54, 1.807) is 0 Å². The molecule has 0 fully saturated rings. The minimum Gasteiger partial charge on any atom is -0.481 e. The van der Waals surface area contributed by atoms with Crippen LogP contribution in [0, 0.1) is 0 Å². The van der Waals surface area contributed by atoms with Crippen molar-refractivity contribution in [2.45, 2.75) is 93.8 Å². The molecule has 0 rings (SSSR count). The lowest BCUT2D eigenvalue weighted by Gasteiger charge is -2.24. The van der Waals surface area contributed by atoms with E-state index >= 15 is 0 Å². The van der Waals surface area contributed by atoms with E-state index in [4.69, 9.17) is 33.1 Å². The standard InChI is InChI=1S/C17H36N4O7/c18-9(3-14(23)5-11(20)7-16(25)26)1-13(22)2-10(19)4-15(24)6-12(21)8-17(27)28/h9-15,22-24H,1-8,18-21H2,(H,25,26)(H,27,28). The molecule has 0 aliphatic carbocycles. The minimum absolute atomic E-state index is 0.0956. The van der Waals surface area contributed by atoms with Gasteiger partial charge in [0.25, 0.3) is 0 Å². The summed E-state index contributed by atoms with van der Waals surface area (Å²) >= 11 is 0. The van der Waals surface area contributed by atoms with Crippen LogP contribution >= 0.6 is 0 Å². The van der Waals surface area contributed by atoms with Crippen molar-refractivity contribution in [2.75, 3.05) is 0 Å². The highest BCUT2D eigenvalue weighted by molar-refractivity contribution is 5.67. The van der Waals surface area contributed by atoms with Gasteiger partial charge in [-0.05, 0) is 38.5 Å². The zero-order chi connectivity index (χ0) is 21.9. The summed E-state index contributed by atoms with van der Waals surface area (Å²) in [5.74, 6) is -2.08. The molecule has 6 atom stereocenters. The third kappa shape index (κ3) is 14.7. The van der Waals surface area contributed by atoms with Gasteiger partial charge in [-0.1, -0.05) is 0 Å². The van der Waals surface area contributed by atoms with Gasteiger partial charge in [-0.3, -0.25) is 9.59 Å². The first-order valence-electron chi connectivity index (χ1n) is 9.39. The van der Waals surface area contributed by atoms with Crippen molar-refractivity contribution < 1.29 is 35.1 Å². The zero-order valence-electron chi connectivity index (χ0n) is 16.1. The number of rotatable bonds is 16. The van der Waals surface area contributed by atoms with Crippen LogP contribution in [-0.2, 0) is 9.59 Å². The van der Waals surface area contributed by atoms with Crippen LogP contribution in [0.15, 0.2) is 0 Å². The van der Waals surface area contributed by atoms with Crippen molar-refractivity contribution in [1.29, 1.82) is 0 Å². The molecule has 0 aliphatic rings. The number of carboxylic acids is 2. The van der Waals surface area contributed by atoms with Crippen molar-refractivity contribution in [3.8, 4) is 0 Å². The van der Waals surface area contributed by atoms with E-state index < -0.39 is 54.4 Å². The maximum Gasteiger partial charge on any atom is 0.304 e. The van der Waals surface area contributed by atoms with Gasteiger partial charge in [-0.2, -0.15) is 0 Å². The molecule has 11 nitrogen and oxygen atoms in total. The lowest BCUT2D eigenvalue weighted by atomic mass is 9.94. The molecule has 0 aromatic carbocycles. The Balaban J connectivity index is 4.14. The number of hydrogen-bond donors (Lipinski definition) is 9. The van der Waals surface area contributed by atoms with E-state index in [1.165, 1.54) is 0 Å². The number of carboxylic acid groups (broad SMARTS) is 2. The van der Waals surface area contributed by atoms with Gasteiger partial charge in [-0.15, -0.1) is 0 Å². The van der Waals surface area contributed by atoms with Gasteiger partial charge in [-0.25, -0.2) is 0 Å². The lowest BCUT2D eigenvalue weighted by molar-refractivity contribution is -0.138. The molecule has 0 bridgehead atoms. The third-order valence-corrected chi connectivity index (χ3v) is 4.32. The number of nitrogens with two attached hydrogens (primary N) is 4. The summed E-state index contributed by atoms with van der Waals surface area (Å²) in [5, 5.41) is 47.2. The highest BCUT2D eigenvalue weighted by Crippen LogP contribution is 2.14. The van der Waals surface area contributed by atoms with Crippen LogP contribution in [0.5, 0.6) is 0 Å². The molecule has 0 saturated carbocycles. The van der Waals surface area contributed by atoms with Crippen molar-refractivity contribution >= 4 is 11.9 Å². The molecule has 28 heavy (non-hydrogen) atoms. The van der Waals surface area contributed by atoms with E-state index in [-0.39, 0.29) is 51.4 Å². The fourth-order valence-corrected chi connectivity index (χ4v) is 3.19. The van der Waals surface area contributed by atoms with Crippen molar-refractivity contribution in [3.05, 3.63) is 0 Å². The summed E-state index contributed by atoms with van der Waals surface area (Å²) in [6.45, 7) is 0. The Morgan fingerprint density at radius 1 is 0.536 bits per heavy atom. The molecule has 0 heterocycles. The van der Waals surface area contributed by atoms with Crippen LogP contribution in [-0.4, -0.2) is 80.0 Å². The van der Waals surface area contributed by atoms with Crippen LogP contribution in [0.2, 0.25) is 0 Å². The second kappa shape index (κ2) is 13.8. The largest absolute Gasteiger partial charge is 0.481 e. The number of aliphatic hydroxyl groups is 3. The summed E-state index contributed by atoms with van der Waals surface area (Å²) in [7, 11) is 0. The van der Waals surface area contributed by atoms with Gasteiger partial charge < -0.3 is 48.5 Å². The van der Waals surface area contributed by atoms with Crippen molar-refractivity contribution in [3.63, 3.8) is 0 Å². The van der Waals surface area contributed by atoms with E-state index in [9.17, 15) is 24.9 Å². The van der Waals surface area contributed by atoms with E-state index in [0.717, 1.165) is 0 Å². The minimum atomic E-state index is -1.04. The first-order valence-corrected chi connectivity index (χ1v) is 9.39. The second-order valence-electron chi connectivity index (χ2n) is 7.61. The molecule has 0 aromatic heterocycles. The Kier molecular flexibility index (Phi) is 13.1. The van der Waals surface area contributed by atoms with Gasteiger partial charge in [0.1, 0.15) is 0 Å². The molecular weight excluding hydrogens is 372 g/mol. The van der Waals surface area contributed by atoms with Gasteiger partial charge in [0, 0.05) is 24.2 Å². The molecule has 0 amide bonds. The molecule has 6 unspecified atom stereocenters. The Morgan fingerprint density at radius 2 is 0.750 bits per heavy atom. The summed E-state index contributed by atoms with van der Waals surface area (Å²) in [4.78, 5) is 21.1. The fourth-order valence-electron chi connectivity index (χ4n) is 3.19. The Labute approximate surface area is 164 Å². The van der Waals surface area contributed by atoms with Crippen LogP contribution in [0.25, 0.3) is 0 Å². The molecule has 166 valence electrons. The molecule has 0 radical (unpaired) electrons.